The van der Waals surface area contributed by atoms with Crippen molar-refractivity contribution in [3.8, 4) is 0 Å². The second kappa shape index (κ2) is 6.56. The van der Waals surface area contributed by atoms with Crippen molar-refractivity contribution in [2.45, 2.75) is 20.0 Å². The molecule has 0 unspecified atom stereocenters. The van der Waals surface area contributed by atoms with Crippen LogP contribution in [-0.4, -0.2) is 25.1 Å². The average molecular weight is 362 g/mol. The topological polar surface area (TPSA) is 107 Å². The molecule has 0 atom stereocenters. The summed E-state index contributed by atoms with van der Waals surface area (Å²) in [5, 5.41) is 12.3. The minimum atomic E-state index is -0.505. The quantitative estimate of drug-likeness (QED) is 0.563. The molecule has 1 amide bonds. The van der Waals surface area contributed by atoms with Crippen molar-refractivity contribution >= 4 is 28.3 Å². The van der Waals surface area contributed by atoms with Gasteiger partial charge in [0.05, 0.1) is 23.0 Å². The summed E-state index contributed by atoms with van der Waals surface area (Å²) in [5.74, 6) is 0.610. The molecule has 0 saturated carbocycles. The van der Waals surface area contributed by atoms with E-state index in [0.29, 0.717) is 41.3 Å². The highest BCUT2D eigenvalue weighted by molar-refractivity contribution is 5.98. The van der Waals surface area contributed by atoms with Gasteiger partial charge in [0.2, 0.25) is 5.78 Å². The van der Waals surface area contributed by atoms with Gasteiger partial charge < -0.3 is 11.1 Å². The monoisotopic (exact) mass is 362 g/mol. The summed E-state index contributed by atoms with van der Waals surface area (Å²) in [7, 11) is 0. The zero-order chi connectivity index (χ0) is 19.0. The molecule has 3 N–H and O–H groups in total. The Morgan fingerprint density at radius 2 is 1.85 bits per heavy atom. The van der Waals surface area contributed by atoms with Crippen LogP contribution in [0.15, 0.2) is 53.3 Å². The Labute approximate surface area is 154 Å². The molecule has 4 rings (SSSR count). The van der Waals surface area contributed by atoms with Gasteiger partial charge in [-0.15, -0.1) is 10.2 Å². The number of carbonyl (C=O) groups is 1. The molecule has 2 heterocycles. The number of benzene rings is 2. The van der Waals surface area contributed by atoms with E-state index in [1.165, 1.54) is 0 Å². The highest BCUT2D eigenvalue weighted by Gasteiger charge is 2.16. The summed E-state index contributed by atoms with van der Waals surface area (Å²) in [6.07, 6.45) is 0. The highest BCUT2D eigenvalue weighted by Crippen LogP contribution is 2.18. The third kappa shape index (κ3) is 2.71. The lowest BCUT2D eigenvalue weighted by Crippen LogP contribution is -2.23. The molecule has 0 fully saturated rings. The van der Waals surface area contributed by atoms with E-state index in [2.05, 4.69) is 15.5 Å². The average Bonchev–Trinajstić information content (AvgIpc) is 3.11. The lowest BCUT2D eigenvalue weighted by molar-refractivity contribution is 0.100. The second-order valence-electron chi connectivity index (χ2n) is 6.08. The largest absolute Gasteiger partial charge is 0.377 e. The van der Waals surface area contributed by atoms with Crippen LogP contribution < -0.4 is 16.6 Å². The summed E-state index contributed by atoms with van der Waals surface area (Å²) in [4.78, 5) is 24.3. The van der Waals surface area contributed by atoms with Gasteiger partial charge in [0.1, 0.15) is 0 Å². The number of hydrogen-bond acceptors (Lipinski definition) is 5. The van der Waals surface area contributed by atoms with E-state index in [1.54, 1.807) is 28.8 Å². The lowest BCUT2D eigenvalue weighted by atomic mass is 10.1. The number of anilines is 1. The smallest absolute Gasteiger partial charge is 0.262 e. The number of fused-ring (bicyclic) bond motifs is 3. The van der Waals surface area contributed by atoms with Gasteiger partial charge in [-0.3, -0.25) is 18.6 Å². The predicted molar refractivity (Wildman–Crippen MR) is 103 cm³/mol. The van der Waals surface area contributed by atoms with E-state index in [0.717, 1.165) is 5.52 Å². The maximum atomic E-state index is 12.7. The standard InChI is InChI=1S/C19H18N6O2/c1-2-24-18(27)13-8-4-6-10-15(13)25-16(22-23-19(24)25)11-21-14-9-5-3-7-12(14)17(20)26/h3-10,21H,2,11H2,1H3,(H2,20,26). The van der Waals surface area contributed by atoms with Crippen LogP contribution in [0.1, 0.15) is 23.1 Å². The molecule has 0 saturated heterocycles. The van der Waals surface area contributed by atoms with Crippen molar-refractivity contribution in [1.82, 2.24) is 19.2 Å². The van der Waals surface area contributed by atoms with Gasteiger partial charge in [-0.1, -0.05) is 24.3 Å². The molecule has 0 radical (unpaired) electrons. The SMILES string of the molecule is CCn1c(=O)c2ccccc2n2c(CNc3ccccc3C(N)=O)nnc12. The number of aromatic nitrogens is 4. The van der Waals surface area contributed by atoms with Crippen LogP contribution in [0.3, 0.4) is 0 Å². The van der Waals surface area contributed by atoms with Crippen LogP contribution in [0, 0.1) is 0 Å². The summed E-state index contributed by atoms with van der Waals surface area (Å²) >= 11 is 0. The Morgan fingerprint density at radius 3 is 2.63 bits per heavy atom. The van der Waals surface area contributed by atoms with Crippen LogP contribution in [0.2, 0.25) is 0 Å². The Hall–Kier alpha value is -3.68. The summed E-state index contributed by atoms with van der Waals surface area (Å²) < 4.78 is 3.45. The van der Waals surface area contributed by atoms with E-state index in [1.807, 2.05) is 35.6 Å². The fourth-order valence-corrected chi connectivity index (χ4v) is 3.24. The Balaban J connectivity index is 1.84. The van der Waals surface area contributed by atoms with Gasteiger partial charge >= 0.3 is 0 Å². The zero-order valence-corrected chi connectivity index (χ0v) is 14.7. The number of para-hydroxylation sites is 2. The molecule has 136 valence electrons. The number of primary amides is 1. The first-order chi connectivity index (χ1) is 13.1. The molecule has 2 aromatic carbocycles. The van der Waals surface area contributed by atoms with E-state index < -0.39 is 5.91 Å². The van der Waals surface area contributed by atoms with Crippen molar-refractivity contribution in [3.05, 3.63) is 70.3 Å². The Bertz CT molecular complexity index is 1220. The van der Waals surface area contributed by atoms with E-state index in [4.69, 9.17) is 5.73 Å². The molecule has 0 aliphatic rings. The predicted octanol–water partition coefficient (Wildman–Crippen LogP) is 1.78. The third-order valence-corrected chi connectivity index (χ3v) is 4.52. The molecule has 27 heavy (non-hydrogen) atoms. The Morgan fingerprint density at radius 1 is 1.11 bits per heavy atom. The maximum Gasteiger partial charge on any atom is 0.262 e. The lowest BCUT2D eigenvalue weighted by Gasteiger charge is -2.11. The Kier molecular flexibility index (Phi) is 4.08. The van der Waals surface area contributed by atoms with E-state index in [-0.39, 0.29) is 5.56 Å². The zero-order valence-electron chi connectivity index (χ0n) is 14.7. The number of amides is 1. The fraction of sp³-hybridized carbons (Fsp3) is 0.158. The van der Waals surface area contributed by atoms with Crippen LogP contribution in [0.4, 0.5) is 5.69 Å². The number of rotatable bonds is 5. The third-order valence-electron chi connectivity index (χ3n) is 4.52. The van der Waals surface area contributed by atoms with Gasteiger partial charge in [-0.2, -0.15) is 0 Å². The van der Waals surface area contributed by atoms with Crippen LogP contribution in [0.5, 0.6) is 0 Å². The molecule has 8 heteroatoms. The fourth-order valence-electron chi connectivity index (χ4n) is 3.24. The second-order valence-corrected chi connectivity index (χ2v) is 6.08. The van der Waals surface area contributed by atoms with Crippen molar-refractivity contribution in [1.29, 1.82) is 0 Å². The molecule has 4 aromatic rings. The maximum absolute atomic E-state index is 12.7. The van der Waals surface area contributed by atoms with Gasteiger partial charge in [-0.05, 0) is 31.2 Å². The first kappa shape index (κ1) is 16.8. The van der Waals surface area contributed by atoms with Crippen LogP contribution >= 0.6 is 0 Å². The van der Waals surface area contributed by atoms with Crippen molar-refractivity contribution < 1.29 is 4.79 Å². The molecular weight excluding hydrogens is 344 g/mol. The first-order valence-corrected chi connectivity index (χ1v) is 8.60. The molecule has 0 aliphatic carbocycles. The number of nitrogens with zero attached hydrogens (tertiary/aromatic N) is 4. The van der Waals surface area contributed by atoms with Crippen LogP contribution in [-0.2, 0) is 13.1 Å². The summed E-state index contributed by atoms with van der Waals surface area (Å²) in [6.45, 7) is 2.70. The van der Waals surface area contributed by atoms with Gasteiger partial charge in [0, 0.05) is 12.2 Å². The van der Waals surface area contributed by atoms with Crippen LogP contribution in [0.25, 0.3) is 16.7 Å². The number of nitrogens with one attached hydrogen (secondary N) is 1. The van der Waals surface area contributed by atoms with Gasteiger partial charge in [-0.25, -0.2) is 0 Å². The normalized spacial score (nSPS) is 11.1. The highest BCUT2D eigenvalue weighted by atomic mass is 16.1. The van der Waals surface area contributed by atoms with Gasteiger partial charge in [0.25, 0.3) is 11.5 Å². The van der Waals surface area contributed by atoms with Crippen molar-refractivity contribution in [2.75, 3.05) is 5.32 Å². The first-order valence-electron chi connectivity index (χ1n) is 8.60. The molecular formula is C19H18N6O2. The summed E-state index contributed by atoms with van der Waals surface area (Å²) in [5.41, 5.74) is 7.11. The van der Waals surface area contributed by atoms with E-state index in [9.17, 15) is 9.59 Å². The molecule has 8 nitrogen and oxygen atoms in total. The number of nitrogens with two attached hydrogens (primary N) is 1. The van der Waals surface area contributed by atoms with E-state index >= 15 is 0 Å². The molecule has 2 aromatic heterocycles. The van der Waals surface area contributed by atoms with Crippen molar-refractivity contribution in [3.63, 3.8) is 0 Å². The van der Waals surface area contributed by atoms with Crippen molar-refractivity contribution in [2.24, 2.45) is 5.73 Å². The van der Waals surface area contributed by atoms with Gasteiger partial charge in [0.15, 0.2) is 5.82 Å². The number of hydrogen-bond donors (Lipinski definition) is 2. The minimum absolute atomic E-state index is 0.0911. The minimum Gasteiger partial charge on any atom is -0.377 e. The number of carbonyl (C=O) groups excluding carboxylic acids is 1. The number of aryl methyl sites for hydroxylation is 1. The molecule has 0 spiro atoms. The molecule has 0 aliphatic heterocycles. The molecule has 0 bridgehead atoms. The summed E-state index contributed by atoms with van der Waals surface area (Å²) in [6, 6.07) is 14.4.